The topological polar surface area (TPSA) is 110 Å². The molecule has 19 heavy (non-hydrogen) atoms. The van der Waals surface area contributed by atoms with E-state index < -0.39 is 5.91 Å². The summed E-state index contributed by atoms with van der Waals surface area (Å²) in [5.74, 6) is -0.525. The average Bonchev–Trinajstić information content (AvgIpc) is 2.38. The zero-order valence-electron chi connectivity index (χ0n) is 11.0. The Morgan fingerprint density at radius 1 is 1.26 bits per heavy atom. The van der Waals surface area contributed by atoms with Gasteiger partial charge in [0, 0.05) is 25.1 Å². The summed E-state index contributed by atoms with van der Waals surface area (Å²) in [5.41, 5.74) is 12.5. The van der Waals surface area contributed by atoms with Crippen LogP contribution in [-0.4, -0.2) is 24.9 Å². The van der Waals surface area contributed by atoms with Crippen LogP contribution in [0.2, 0.25) is 0 Å². The van der Waals surface area contributed by atoms with Crippen LogP contribution in [0.1, 0.15) is 30.1 Å². The first-order valence-corrected chi connectivity index (χ1v) is 6.24. The van der Waals surface area contributed by atoms with Gasteiger partial charge in [-0.25, -0.2) is 0 Å². The van der Waals surface area contributed by atoms with E-state index >= 15 is 0 Å². The van der Waals surface area contributed by atoms with Crippen LogP contribution in [0.4, 0.5) is 11.4 Å². The lowest BCUT2D eigenvalue weighted by atomic mass is 10.1. The monoisotopic (exact) mass is 264 g/mol. The van der Waals surface area contributed by atoms with Crippen LogP contribution >= 0.6 is 0 Å². The minimum Gasteiger partial charge on any atom is -0.397 e. The Hall–Kier alpha value is -2.24. The Labute approximate surface area is 112 Å². The number of hydrogen-bond acceptors (Lipinski definition) is 4. The van der Waals surface area contributed by atoms with Crippen LogP contribution in [0.15, 0.2) is 18.2 Å². The molecule has 0 heterocycles. The van der Waals surface area contributed by atoms with E-state index in [1.165, 1.54) is 0 Å². The molecule has 0 atom stereocenters. The molecular weight excluding hydrogens is 244 g/mol. The van der Waals surface area contributed by atoms with Crippen molar-refractivity contribution in [3.63, 3.8) is 0 Å². The third kappa shape index (κ3) is 4.87. The average molecular weight is 264 g/mol. The predicted molar refractivity (Wildman–Crippen MR) is 75.8 cm³/mol. The van der Waals surface area contributed by atoms with Crippen molar-refractivity contribution in [3.05, 3.63) is 23.8 Å². The van der Waals surface area contributed by atoms with Gasteiger partial charge in [0.05, 0.1) is 11.4 Å². The fourth-order valence-electron chi connectivity index (χ4n) is 1.53. The quantitative estimate of drug-likeness (QED) is 0.543. The highest BCUT2D eigenvalue weighted by Gasteiger charge is 2.06. The van der Waals surface area contributed by atoms with Crippen molar-refractivity contribution >= 4 is 23.2 Å². The van der Waals surface area contributed by atoms with Gasteiger partial charge in [0.15, 0.2) is 0 Å². The Kier molecular flexibility index (Phi) is 5.66. The Bertz CT molecular complexity index is 460. The number of nitrogen functional groups attached to an aromatic ring is 1. The van der Waals surface area contributed by atoms with Gasteiger partial charge in [-0.1, -0.05) is 6.92 Å². The summed E-state index contributed by atoms with van der Waals surface area (Å²) in [4.78, 5) is 22.4. The number of hydrogen-bond donors (Lipinski definition) is 4. The molecule has 0 unspecified atom stereocenters. The number of anilines is 2. The van der Waals surface area contributed by atoms with E-state index in [4.69, 9.17) is 11.5 Å². The van der Waals surface area contributed by atoms with E-state index in [1.54, 1.807) is 18.2 Å². The molecule has 0 saturated heterocycles. The molecule has 1 aromatic carbocycles. The minimum absolute atomic E-state index is 0.0148. The van der Waals surface area contributed by atoms with Gasteiger partial charge < -0.3 is 22.1 Å². The molecule has 0 aliphatic heterocycles. The number of rotatable bonds is 7. The fourth-order valence-corrected chi connectivity index (χ4v) is 1.53. The highest BCUT2D eigenvalue weighted by Crippen LogP contribution is 2.19. The van der Waals surface area contributed by atoms with Crippen molar-refractivity contribution in [1.82, 2.24) is 5.32 Å². The van der Waals surface area contributed by atoms with E-state index in [-0.39, 0.29) is 5.91 Å². The van der Waals surface area contributed by atoms with E-state index in [0.29, 0.717) is 36.4 Å². The van der Waals surface area contributed by atoms with E-state index in [9.17, 15) is 9.59 Å². The smallest absolute Gasteiger partial charge is 0.248 e. The summed E-state index contributed by atoms with van der Waals surface area (Å²) in [6.07, 6.45) is 1.26. The summed E-state index contributed by atoms with van der Waals surface area (Å²) in [7, 11) is 0. The van der Waals surface area contributed by atoms with Crippen LogP contribution in [0.5, 0.6) is 0 Å². The standard InChI is InChI=1S/C13H20N4O2/c1-2-6-17-12(18)5-7-16-11-8-9(13(15)19)3-4-10(11)14/h3-4,8,16H,2,5-7,14H2,1H3,(H2,15,19)(H,17,18). The molecule has 1 aromatic rings. The second-order valence-electron chi connectivity index (χ2n) is 4.19. The zero-order valence-corrected chi connectivity index (χ0v) is 11.0. The molecule has 0 radical (unpaired) electrons. The lowest BCUT2D eigenvalue weighted by molar-refractivity contribution is -0.120. The van der Waals surface area contributed by atoms with Gasteiger partial charge in [-0.05, 0) is 24.6 Å². The van der Waals surface area contributed by atoms with Crippen molar-refractivity contribution < 1.29 is 9.59 Å². The molecule has 104 valence electrons. The summed E-state index contributed by atoms with van der Waals surface area (Å²) in [6.45, 7) is 3.12. The summed E-state index contributed by atoms with van der Waals surface area (Å²) < 4.78 is 0. The molecule has 2 amide bonds. The first-order chi connectivity index (χ1) is 9.04. The molecule has 0 saturated carbocycles. The maximum atomic E-state index is 11.4. The van der Waals surface area contributed by atoms with Crippen molar-refractivity contribution in [2.45, 2.75) is 19.8 Å². The number of nitrogens with two attached hydrogens (primary N) is 2. The van der Waals surface area contributed by atoms with E-state index in [1.807, 2.05) is 6.92 Å². The van der Waals surface area contributed by atoms with Crippen molar-refractivity contribution in [1.29, 1.82) is 0 Å². The number of carbonyl (C=O) groups is 2. The van der Waals surface area contributed by atoms with Crippen LogP contribution < -0.4 is 22.1 Å². The van der Waals surface area contributed by atoms with Crippen molar-refractivity contribution in [2.24, 2.45) is 5.73 Å². The first-order valence-electron chi connectivity index (χ1n) is 6.24. The summed E-state index contributed by atoms with van der Waals surface area (Å²) >= 11 is 0. The molecule has 0 fully saturated rings. The molecular formula is C13H20N4O2. The van der Waals surface area contributed by atoms with Gasteiger partial charge in [-0.3, -0.25) is 9.59 Å². The predicted octanol–water partition coefficient (Wildman–Crippen LogP) is 0.696. The third-order valence-corrected chi connectivity index (χ3v) is 2.58. The Balaban J connectivity index is 2.51. The molecule has 0 aromatic heterocycles. The summed E-state index contributed by atoms with van der Waals surface area (Å²) in [6, 6.07) is 4.76. The van der Waals surface area contributed by atoms with Gasteiger partial charge in [0.1, 0.15) is 0 Å². The maximum Gasteiger partial charge on any atom is 0.248 e. The molecule has 6 heteroatoms. The van der Waals surface area contributed by atoms with Gasteiger partial charge in [0.25, 0.3) is 0 Å². The lowest BCUT2D eigenvalue weighted by Gasteiger charge is -2.10. The number of amides is 2. The number of primary amides is 1. The first kappa shape index (κ1) is 14.8. The lowest BCUT2D eigenvalue weighted by Crippen LogP contribution is -2.26. The zero-order chi connectivity index (χ0) is 14.3. The number of carbonyl (C=O) groups excluding carboxylic acids is 2. The van der Waals surface area contributed by atoms with Crippen LogP contribution in [0.3, 0.4) is 0 Å². The molecule has 1 rings (SSSR count). The van der Waals surface area contributed by atoms with Crippen molar-refractivity contribution in [2.75, 3.05) is 24.1 Å². The van der Waals surface area contributed by atoms with Gasteiger partial charge in [0.2, 0.25) is 11.8 Å². The molecule has 6 nitrogen and oxygen atoms in total. The van der Waals surface area contributed by atoms with Gasteiger partial charge >= 0.3 is 0 Å². The van der Waals surface area contributed by atoms with Crippen LogP contribution in [-0.2, 0) is 4.79 Å². The van der Waals surface area contributed by atoms with E-state index in [2.05, 4.69) is 10.6 Å². The van der Waals surface area contributed by atoms with Gasteiger partial charge in [-0.2, -0.15) is 0 Å². The fraction of sp³-hybridized carbons (Fsp3) is 0.385. The SMILES string of the molecule is CCCNC(=O)CCNc1cc(C(N)=O)ccc1N. The molecule has 0 aliphatic carbocycles. The Morgan fingerprint density at radius 3 is 2.63 bits per heavy atom. The number of benzene rings is 1. The minimum atomic E-state index is -0.510. The molecule has 0 bridgehead atoms. The van der Waals surface area contributed by atoms with Crippen molar-refractivity contribution in [3.8, 4) is 0 Å². The second-order valence-corrected chi connectivity index (χ2v) is 4.19. The van der Waals surface area contributed by atoms with Gasteiger partial charge in [-0.15, -0.1) is 0 Å². The van der Waals surface area contributed by atoms with Crippen LogP contribution in [0, 0.1) is 0 Å². The molecule has 6 N–H and O–H groups in total. The van der Waals surface area contributed by atoms with E-state index in [0.717, 1.165) is 6.42 Å². The maximum absolute atomic E-state index is 11.4. The molecule has 0 spiro atoms. The highest BCUT2D eigenvalue weighted by atomic mass is 16.1. The second kappa shape index (κ2) is 7.25. The number of nitrogens with one attached hydrogen (secondary N) is 2. The largest absolute Gasteiger partial charge is 0.397 e. The summed E-state index contributed by atoms with van der Waals surface area (Å²) in [5, 5.41) is 5.80. The third-order valence-electron chi connectivity index (χ3n) is 2.58. The molecule has 0 aliphatic rings. The normalized spacial score (nSPS) is 9.95. The highest BCUT2D eigenvalue weighted by molar-refractivity contribution is 5.95. The van der Waals surface area contributed by atoms with Crippen LogP contribution in [0.25, 0.3) is 0 Å². The Morgan fingerprint density at radius 2 is 2.00 bits per heavy atom.